The minimum atomic E-state index is -4.11. The Morgan fingerprint density at radius 3 is 2.39 bits per heavy atom. The Morgan fingerprint density at radius 1 is 1.22 bits per heavy atom. The molecule has 1 aromatic carbocycles. The van der Waals surface area contributed by atoms with Crippen molar-refractivity contribution in [3.63, 3.8) is 0 Å². The van der Waals surface area contributed by atoms with Crippen molar-refractivity contribution < 1.29 is 32.2 Å². The summed E-state index contributed by atoms with van der Waals surface area (Å²) in [6, 6.07) is 2.73. The molecule has 0 aliphatic carbocycles. The van der Waals surface area contributed by atoms with Crippen LogP contribution in [-0.2, 0) is 19.5 Å². The van der Waals surface area contributed by atoms with Gasteiger partial charge in [0.15, 0.2) is 5.79 Å². The summed E-state index contributed by atoms with van der Waals surface area (Å²) in [4.78, 5) is 10.4. The zero-order chi connectivity index (χ0) is 16.7. The lowest BCUT2D eigenvalue weighted by Crippen LogP contribution is -2.47. The van der Waals surface area contributed by atoms with Crippen LogP contribution in [0, 0.1) is 5.82 Å². The van der Waals surface area contributed by atoms with E-state index in [9.17, 15) is 17.6 Å². The first kappa shape index (κ1) is 16.3. The van der Waals surface area contributed by atoms with E-state index in [2.05, 4.69) is 0 Å². The number of rotatable bonds is 3. The predicted molar refractivity (Wildman–Crippen MR) is 76.0 cm³/mol. The van der Waals surface area contributed by atoms with E-state index in [4.69, 9.17) is 14.6 Å². The molecule has 0 aromatic heterocycles. The van der Waals surface area contributed by atoms with Crippen molar-refractivity contribution in [2.45, 2.75) is 23.5 Å². The molecule has 0 radical (unpaired) electrons. The average Bonchev–Trinajstić information content (AvgIpc) is 2.96. The molecule has 2 heterocycles. The minimum Gasteiger partial charge on any atom is -0.478 e. The molecule has 126 valence electrons. The number of aromatic carboxylic acids is 1. The monoisotopic (exact) mass is 345 g/mol. The second kappa shape index (κ2) is 5.82. The Bertz CT molecular complexity index is 719. The summed E-state index contributed by atoms with van der Waals surface area (Å²) in [5.41, 5.74) is -0.277. The summed E-state index contributed by atoms with van der Waals surface area (Å²) < 4.78 is 51.3. The summed E-state index contributed by atoms with van der Waals surface area (Å²) in [5, 5.41) is 8.95. The van der Waals surface area contributed by atoms with E-state index in [0.717, 1.165) is 22.5 Å². The van der Waals surface area contributed by atoms with Gasteiger partial charge in [0.05, 0.1) is 18.8 Å². The Morgan fingerprint density at radius 2 is 1.83 bits per heavy atom. The Kier molecular flexibility index (Phi) is 4.13. The van der Waals surface area contributed by atoms with E-state index >= 15 is 0 Å². The zero-order valence-electron chi connectivity index (χ0n) is 12.2. The lowest BCUT2D eigenvalue weighted by molar-refractivity contribution is -0.179. The molecule has 3 rings (SSSR count). The predicted octanol–water partition coefficient (Wildman–Crippen LogP) is 1.05. The van der Waals surface area contributed by atoms with Crippen molar-refractivity contribution in [2.75, 3.05) is 26.3 Å². The highest BCUT2D eigenvalue weighted by molar-refractivity contribution is 7.89. The van der Waals surface area contributed by atoms with Crippen LogP contribution in [0.5, 0.6) is 0 Å². The van der Waals surface area contributed by atoms with Gasteiger partial charge in [-0.1, -0.05) is 0 Å². The average molecular weight is 345 g/mol. The number of piperidine rings is 1. The lowest BCUT2D eigenvalue weighted by atomic mass is 10.1. The molecule has 2 aliphatic heterocycles. The fourth-order valence-corrected chi connectivity index (χ4v) is 4.36. The number of sulfonamides is 1. The summed E-state index contributed by atoms with van der Waals surface area (Å²) in [7, 11) is -4.11. The molecule has 2 aliphatic rings. The third-order valence-corrected chi connectivity index (χ3v) is 6.01. The zero-order valence-corrected chi connectivity index (χ0v) is 13.0. The van der Waals surface area contributed by atoms with Crippen LogP contribution in [0.15, 0.2) is 23.1 Å². The second-order valence-electron chi connectivity index (χ2n) is 5.46. The molecule has 7 nitrogen and oxygen atoms in total. The molecule has 0 bridgehead atoms. The Hall–Kier alpha value is -1.55. The fourth-order valence-electron chi connectivity index (χ4n) is 2.83. The van der Waals surface area contributed by atoms with Gasteiger partial charge in [0.25, 0.3) is 0 Å². The maximum Gasteiger partial charge on any atom is 0.335 e. The van der Waals surface area contributed by atoms with Gasteiger partial charge < -0.3 is 14.6 Å². The molecule has 23 heavy (non-hydrogen) atoms. The number of benzene rings is 1. The number of carboxylic acid groups (broad SMARTS) is 1. The highest BCUT2D eigenvalue weighted by Crippen LogP contribution is 2.33. The number of carbonyl (C=O) groups is 1. The van der Waals surface area contributed by atoms with Crippen molar-refractivity contribution >= 4 is 16.0 Å². The maximum absolute atomic E-state index is 13.9. The molecule has 2 saturated heterocycles. The molecule has 0 saturated carbocycles. The number of hydrogen-bond acceptors (Lipinski definition) is 5. The highest BCUT2D eigenvalue weighted by atomic mass is 32.2. The number of nitrogens with zero attached hydrogens (tertiary/aromatic N) is 1. The van der Waals surface area contributed by atoms with Crippen LogP contribution in [-0.4, -0.2) is 55.9 Å². The second-order valence-corrected chi connectivity index (χ2v) is 7.37. The molecule has 0 amide bonds. The topological polar surface area (TPSA) is 93.1 Å². The fraction of sp³-hybridized carbons (Fsp3) is 0.500. The van der Waals surface area contributed by atoms with Gasteiger partial charge in [-0.05, 0) is 18.2 Å². The summed E-state index contributed by atoms with van der Waals surface area (Å²) in [6.07, 6.45) is 0.707. The van der Waals surface area contributed by atoms with E-state index in [1.54, 1.807) is 0 Å². The number of carboxylic acids is 1. The molecule has 0 atom stereocenters. The van der Waals surface area contributed by atoms with E-state index in [0.29, 0.717) is 26.1 Å². The van der Waals surface area contributed by atoms with E-state index in [1.807, 2.05) is 0 Å². The first-order valence-electron chi connectivity index (χ1n) is 7.15. The number of halogens is 1. The van der Waals surface area contributed by atoms with Gasteiger partial charge in [-0.3, -0.25) is 0 Å². The van der Waals surface area contributed by atoms with E-state index in [-0.39, 0.29) is 18.7 Å². The first-order chi connectivity index (χ1) is 10.8. The van der Waals surface area contributed by atoms with E-state index in [1.165, 1.54) is 0 Å². The summed E-state index contributed by atoms with van der Waals surface area (Å²) >= 11 is 0. The first-order valence-corrected chi connectivity index (χ1v) is 8.59. The minimum absolute atomic E-state index is 0.124. The van der Waals surface area contributed by atoms with Crippen LogP contribution in [0.1, 0.15) is 23.2 Å². The lowest BCUT2D eigenvalue weighted by Gasteiger charge is -2.36. The van der Waals surface area contributed by atoms with Crippen molar-refractivity contribution in [1.82, 2.24) is 4.31 Å². The van der Waals surface area contributed by atoms with Crippen molar-refractivity contribution in [1.29, 1.82) is 0 Å². The van der Waals surface area contributed by atoms with Crippen LogP contribution in [0.3, 0.4) is 0 Å². The third kappa shape index (κ3) is 2.97. The van der Waals surface area contributed by atoms with Gasteiger partial charge in [0.2, 0.25) is 10.0 Å². The summed E-state index contributed by atoms with van der Waals surface area (Å²) in [5.74, 6) is -3.02. The van der Waals surface area contributed by atoms with Gasteiger partial charge in [-0.2, -0.15) is 4.31 Å². The largest absolute Gasteiger partial charge is 0.478 e. The molecule has 1 aromatic rings. The van der Waals surface area contributed by atoms with Crippen molar-refractivity contribution in [2.24, 2.45) is 0 Å². The van der Waals surface area contributed by atoms with Crippen molar-refractivity contribution in [3.8, 4) is 0 Å². The number of ether oxygens (including phenoxy) is 2. The van der Waals surface area contributed by atoms with Gasteiger partial charge in [-0.25, -0.2) is 17.6 Å². The molecule has 1 spiro atoms. The Balaban J connectivity index is 1.85. The van der Waals surface area contributed by atoms with Crippen LogP contribution in [0.4, 0.5) is 4.39 Å². The molecule has 2 fully saturated rings. The van der Waals surface area contributed by atoms with Crippen LogP contribution < -0.4 is 0 Å². The van der Waals surface area contributed by atoms with Crippen LogP contribution >= 0.6 is 0 Å². The van der Waals surface area contributed by atoms with Gasteiger partial charge in [0.1, 0.15) is 10.7 Å². The normalized spacial score (nSPS) is 21.6. The van der Waals surface area contributed by atoms with Crippen molar-refractivity contribution in [3.05, 3.63) is 29.6 Å². The number of hydrogen-bond donors (Lipinski definition) is 1. The van der Waals surface area contributed by atoms with Gasteiger partial charge in [-0.15, -0.1) is 0 Å². The smallest absolute Gasteiger partial charge is 0.335 e. The molecule has 0 unspecified atom stereocenters. The molecule has 1 N–H and O–H groups in total. The molecular weight excluding hydrogens is 329 g/mol. The molecular formula is C14H16FNO6S. The van der Waals surface area contributed by atoms with Gasteiger partial charge >= 0.3 is 5.97 Å². The SMILES string of the molecule is O=C(O)c1ccc(F)c(S(=O)(=O)N2CCC3(CC2)OCCO3)c1. The van der Waals surface area contributed by atoms with Gasteiger partial charge in [0, 0.05) is 25.9 Å². The molecule has 9 heteroatoms. The maximum atomic E-state index is 13.9. The quantitative estimate of drug-likeness (QED) is 0.880. The standard InChI is InChI=1S/C14H16FNO6S/c15-11-2-1-10(13(17)18)9-12(11)23(19,20)16-5-3-14(4-6-16)21-7-8-22-14/h1-2,9H,3-8H2,(H,17,18). The van der Waals surface area contributed by atoms with Crippen LogP contribution in [0.25, 0.3) is 0 Å². The Labute approximate surface area is 132 Å². The van der Waals surface area contributed by atoms with E-state index < -0.39 is 32.5 Å². The third-order valence-electron chi connectivity index (χ3n) is 4.09. The summed E-state index contributed by atoms with van der Waals surface area (Å²) in [6.45, 7) is 1.20. The van der Waals surface area contributed by atoms with Crippen LogP contribution in [0.2, 0.25) is 0 Å². The highest BCUT2D eigenvalue weighted by Gasteiger charge is 2.43.